The highest BCUT2D eigenvalue weighted by atomic mass is 14.7. The number of hydrogen-bond donors (Lipinski definition) is 0. The highest BCUT2D eigenvalue weighted by molar-refractivity contribution is 6.10. The van der Waals surface area contributed by atoms with Crippen molar-refractivity contribution in [3.63, 3.8) is 0 Å². The molecule has 0 atom stereocenters. The largest absolute Gasteiger partial charge is 0.254 e. The lowest BCUT2D eigenvalue weighted by Crippen LogP contribution is -1.90. The Morgan fingerprint density at radius 1 is 0.308 bits per heavy atom. The minimum absolute atomic E-state index is 0.920. The van der Waals surface area contributed by atoms with Gasteiger partial charge in [-0.1, -0.05) is 121 Å². The van der Waals surface area contributed by atoms with Crippen LogP contribution in [0, 0.1) is 0 Å². The van der Waals surface area contributed by atoms with Crippen LogP contribution in [0.1, 0.15) is 0 Å². The maximum absolute atomic E-state index is 5.13. The van der Waals surface area contributed by atoms with Crippen LogP contribution in [0.15, 0.2) is 182 Å². The van der Waals surface area contributed by atoms with E-state index in [1.807, 2.05) is 30.6 Å². The van der Waals surface area contributed by atoms with E-state index in [0.717, 1.165) is 88.4 Å². The standard InChI is InChI=1S/C48H30N4/c1-2-6-31(7-3-1)32-10-14-34(15-11-32)43-25-22-39-28-37(21-24-45(39)51-43)38-19-18-36-20-23-44(52-46(36)30-38)35-16-12-33(13-17-35)42-29-40-8-4-26-49-47(40)48-41(42)9-5-27-50-48/h1-30H. The van der Waals surface area contributed by atoms with Crippen LogP contribution >= 0.6 is 0 Å². The topological polar surface area (TPSA) is 51.6 Å². The van der Waals surface area contributed by atoms with Crippen LogP contribution in [-0.4, -0.2) is 19.9 Å². The first-order valence-electron chi connectivity index (χ1n) is 17.4. The fraction of sp³-hybridized carbons (Fsp3) is 0. The van der Waals surface area contributed by atoms with E-state index in [4.69, 9.17) is 9.97 Å². The van der Waals surface area contributed by atoms with E-state index in [0.29, 0.717) is 0 Å². The van der Waals surface area contributed by atoms with Gasteiger partial charge in [-0.05, 0) is 81.9 Å². The van der Waals surface area contributed by atoms with Gasteiger partial charge in [0.15, 0.2) is 0 Å². The van der Waals surface area contributed by atoms with E-state index in [9.17, 15) is 0 Å². The fourth-order valence-electron chi connectivity index (χ4n) is 7.22. The SMILES string of the molecule is c1ccc(-c2ccc(-c3ccc4cc(-c5ccc6ccc(-c7ccc(-c8cc9cccnc9c9ncccc89)cc7)nc6c5)ccc4n3)cc2)cc1. The molecule has 6 aromatic carbocycles. The first-order chi connectivity index (χ1) is 25.7. The zero-order valence-corrected chi connectivity index (χ0v) is 28.1. The van der Waals surface area contributed by atoms with E-state index < -0.39 is 0 Å². The molecule has 0 saturated heterocycles. The number of hydrogen-bond acceptors (Lipinski definition) is 4. The number of rotatable bonds is 5. The van der Waals surface area contributed by atoms with Crippen LogP contribution in [0.2, 0.25) is 0 Å². The molecule has 4 heteroatoms. The van der Waals surface area contributed by atoms with Gasteiger partial charge in [-0.3, -0.25) is 9.97 Å². The maximum Gasteiger partial charge on any atom is 0.0970 e. The van der Waals surface area contributed by atoms with Crippen molar-refractivity contribution >= 4 is 43.6 Å². The Morgan fingerprint density at radius 3 is 1.67 bits per heavy atom. The van der Waals surface area contributed by atoms with Gasteiger partial charge in [0, 0.05) is 45.1 Å². The van der Waals surface area contributed by atoms with Crippen LogP contribution in [0.5, 0.6) is 0 Å². The third-order valence-electron chi connectivity index (χ3n) is 9.96. The van der Waals surface area contributed by atoms with Gasteiger partial charge in [-0.25, -0.2) is 9.97 Å². The van der Waals surface area contributed by atoms with E-state index in [1.165, 1.54) is 11.1 Å². The molecule has 4 heterocycles. The van der Waals surface area contributed by atoms with Gasteiger partial charge in [0.1, 0.15) is 0 Å². The molecule has 0 aliphatic heterocycles. The Morgan fingerprint density at radius 2 is 0.885 bits per heavy atom. The molecule has 0 aliphatic carbocycles. The Hall–Kier alpha value is -7.04. The summed E-state index contributed by atoms with van der Waals surface area (Å²) in [5.74, 6) is 0. The summed E-state index contributed by atoms with van der Waals surface area (Å²) in [5.41, 5.74) is 14.8. The summed E-state index contributed by atoms with van der Waals surface area (Å²) in [4.78, 5) is 19.4. The van der Waals surface area contributed by atoms with Crippen LogP contribution in [0.4, 0.5) is 0 Å². The number of benzene rings is 6. The molecule has 242 valence electrons. The Labute approximate surface area is 300 Å². The first-order valence-corrected chi connectivity index (χ1v) is 17.4. The quantitative estimate of drug-likeness (QED) is 0.172. The lowest BCUT2D eigenvalue weighted by atomic mass is 9.96. The zero-order valence-electron chi connectivity index (χ0n) is 28.1. The summed E-state index contributed by atoms with van der Waals surface area (Å²) in [6.07, 6.45) is 3.66. The highest BCUT2D eigenvalue weighted by Gasteiger charge is 2.12. The molecule has 0 amide bonds. The summed E-state index contributed by atoms with van der Waals surface area (Å²) < 4.78 is 0. The molecule has 10 rings (SSSR count). The smallest absolute Gasteiger partial charge is 0.0970 e. The van der Waals surface area contributed by atoms with Crippen molar-refractivity contribution in [1.82, 2.24) is 19.9 Å². The molecule has 4 nitrogen and oxygen atoms in total. The molecule has 0 saturated carbocycles. The summed E-state index contributed by atoms with van der Waals surface area (Å²) in [5, 5.41) is 4.39. The average molecular weight is 663 g/mol. The number of nitrogens with zero attached hydrogens (tertiary/aromatic N) is 4. The molecule has 0 radical (unpaired) electrons. The minimum Gasteiger partial charge on any atom is -0.254 e. The van der Waals surface area contributed by atoms with Gasteiger partial charge < -0.3 is 0 Å². The van der Waals surface area contributed by atoms with E-state index in [-0.39, 0.29) is 0 Å². The average Bonchev–Trinajstić information content (AvgIpc) is 3.23. The fourth-order valence-corrected chi connectivity index (χ4v) is 7.22. The minimum atomic E-state index is 0.920. The second kappa shape index (κ2) is 12.4. The van der Waals surface area contributed by atoms with Gasteiger partial charge in [-0.2, -0.15) is 0 Å². The second-order valence-electron chi connectivity index (χ2n) is 13.1. The van der Waals surface area contributed by atoms with Crippen molar-refractivity contribution in [3.05, 3.63) is 182 Å². The third-order valence-corrected chi connectivity index (χ3v) is 9.96. The molecule has 0 unspecified atom stereocenters. The Balaban J connectivity index is 0.936. The number of pyridine rings is 4. The number of fused-ring (bicyclic) bond motifs is 5. The molecule has 4 aromatic heterocycles. The molecular weight excluding hydrogens is 633 g/mol. The lowest BCUT2D eigenvalue weighted by Gasteiger charge is -2.11. The van der Waals surface area contributed by atoms with Crippen molar-refractivity contribution in [2.75, 3.05) is 0 Å². The molecule has 10 aromatic rings. The van der Waals surface area contributed by atoms with Crippen molar-refractivity contribution in [3.8, 4) is 55.9 Å². The van der Waals surface area contributed by atoms with Crippen molar-refractivity contribution < 1.29 is 0 Å². The van der Waals surface area contributed by atoms with Crippen LogP contribution in [0.25, 0.3) is 99.5 Å². The Bertz CT molecular complexity index is 2940. The van der Waals surface area contributed by atoms with Crippen LogP contribution < -0.4 is 0 Å². The van der Waals surface area contributed by atoms with Gasteiger partial charge in [-0.15, -0.1) is 0 Å². The summed E-state index contributed by atoms with van der Waals surface area (Å²) in [6, 6.07) is 59.7. The Kier molecular flexibility index (Phi) is 7.10. The maximum atomic E-state index is 5.13. The van der Waals surface area contributed by atoms with Gasteiger partial charge in [0.05, 0.1) is 33.5 Å². The van der Waals surface area contributed by atoms with E-state index in [1.54, 1.807) is 0 Å². The second-order valence-corrected chi connectivity index (χ2v) is 13.1. The predicted octanol–water partition coefficient (Wildman–Crippen LogP) is 12.2. The summed E-state index contributed by atoms with van der Waals surface area (Å²) in [6.45, 7) is 0. The normalized spacial score (nSPS) is 11.5. The highest BCUT2D eigenvalue weighted by Crippen LogP contribution is 2.35. The summed E-state index contributed by atoms with van der Waals surface area (Å²) >= 11 is 0. The monoisotopic (exact) mass is 662 g/mol. The third kappa shape index (κ3) is 5.34. The van der Waals surface area contributed by atoms with Gasteiger partial charge in [0.2, 0.25) is 0 Å². The van der Waals surface area contributed by atoms with Gasteiger partial charge in [0.25, 0.3) is 0 Å². The first kappa shape index (κ1) is 29.8. The molecule has 0 spiro atoms. The molecule has 52 heavy (non-hydrogen) atoms. The molecular formula is C48H30N4. The molecule has 0 bridgehead atoms. The van der Waals surface area contributed by atoms with E-state index >= 15 is 0 Å². The van der Waals surface area contributed by atoms with Crippen molar-refractivity contribution in [2.45, 2.75) is 0 Å². The molecule has 0 fully saturated rings. The van der Waals surface area contributed by atoms with Crippen LogP contribution in [0.3, 0.4) is 0 Å². The zero-order chi connectivity index (χ0) is 34.4. The van der Waals surface area contributed by atoms with Crippen molar-refractivity contribution in [2.24, 2.45) is 0 Å². The van der Waals surface area contributed by atoms with Crippen LogP contribution in [-0.2, 0) is 0 Å². The molecule has 0 aliphatic rings. The lowest BCUT2D eigenvalue weighted by molar-refractivity contribution is 1.37. The molecule has 0 N–H and O–H groups in total. The number of aromatic nitrogens is 4. The van der Waals surface area contributed by atoms with Gasteiger partial charge >= 0.3 is 0 Å². The predicted molar refractivity (Wildman–Crippen MR) is 215 cm³/mol. The van der Waals surface area contributed by atoms with Crippen molar-refractivity contribution in [1.29, 1.82) is 0 Å². The van der Waals surface area contributed by atoms with E-state index in [2.05, 4.69) is 162 Å². The summed E-state index contributed by atoms with van der Waals surface area (Å²) in [7, 11) is 0.